The van der Waals surface area contributed by atoms with Crippen molar-refractivity contribution in [2.24, 2.45) is 0 Å². The summed E-state index contributed by atoms with van der Waals surface area (Å²) in [7, 11) is 0. The Labute approximate surface area is 192 Å². The summed E-state index contributed by atoms with van der Waals surface area (Å²) in [4.78, 5) is 18.6. The number of para-hydroxylation sites is 1. The maximum absolute atomic E-state index is 12.9. The van der Waals surface area contributed by atoms with Crippen LogP contribution in [0.2, 0.25) is 0 Å². The molecule has 0 unspecified atom stereocenters. The number of hydrogen-bond acceptors (Lipinski definition) is 4. The van der Waals surface area contributed by atoms with Gasteiger partial charge in [-0.3, -0.25) is 9.69 Å². The van der Waals surface area contributed by atoms with Crippen molar-refractivity contribution in [1.82, 2.24) is 9.80 Å². The number of hydrogen-bond donors (Lipinski definition) is 0. The molecule has 2 aromatic rings. The van der Waals surface area contributed by atoms with Crippen LogP contribution in [0.25, 0.3) is 0 Å². The summed E-state index contributed by atoms with van der Waals surface area (Å²) in [6.07, 6.45) is -2.49. The van der Waals surface area contributed by atoms with E-state index in [-0.39, 0.29) is 25.0 Å². The normalized spacial score (nSPS) is 16.9. The number of unbranched alkanes of at least 4 members (excludes halogenated alkanes) is 1. The first-order valence-corrected chi connectivity index (χ1v) is 10.6. The molecule has 1 amide bonds. The van der Waals surface area contributed by atoms with Crippen molar-refractivity contribution in [3.8, 4) is 5.75 Å². The van der Waals surface area contributed by atoms with Crippen molar-refractivity contribution in [3.05, 3.63) is 59.7 Å². The average molecular weight is 470 g/mol. The lowest BCUT2D eigenvalue weighted by atomic mass is 10.1. The Hall–Kier alpha value is -2.45. The first-order chi connectivity index (χ1) is 14.9. The number of ether oxygens (including phenoxy) is 1. The van der Waals surface area contributed by atoms with E-state index >= 15 is 0 Å². The second kappa shape index (κ2) is 10.4. The van der Waals surface area contributed by atoms with Crippen molar-refractivity contribution >= 4 is 24.0 Å². The molecule has 0 bridgehead atoms. The molecule has 32 heavy (non-hydrogen) atoms. The molecule has 2 aromatic carbocycles. The van der Waals surface area contributed by atoms with Crippen LogP contribution in [0, 0.1) is 0 Å². The Bertz CT molecular complexity index is 917. The molecular formula is C23H27ClF3N3O2. The highest BCUT2D eigenvalue weighted by Gasteiger charge is 2.31. The van der Waals surface area contributed by atoms with Gasteiger partial charge in [-0.2, -0.15) is 13.2 Å². The van der Waals surface area contributed by atoms with Crippen molar-refractivity contribution in [2.75, 3.05) is 50.9 Å². The minimum absolute atomic E-state index is 0. The van der Waals surface area contributed by atoms with Crippen LogP contribution in [0.5, 0.6) is 5.75 Å². The van der Waals surface area contributed by atoms with Gasteiger partial charge in [0.1, 0.15) is 5.75 Å². The molecule has 9 heteroatoms. The summed E-state index contributed by atoms with van der Waals surface area (Å²) in [6, 6.07) is 12.8. The fraction of sp³-hybridized carbons (Fsp3) is 0.435. The van der Waals surface area contributed by atoms with Gasteiger partial charge in [0, 0.05) is 38.4 Å². The fourth-order valence-corrected chi connectivity index (χ4v) is 4.06. The molecular weight excluding hydrogens is 443 g/mol. The number of fused-ring (bicyclic) bond motifs is 1. The van der Waals surface area contributed by atoms with Gasteiger partial charge in [0.2, 0.25) is 0 Å². The topological polar surface area (TPSA) is 36.0 Å². The molecule has 0 atom stereocenters. The van der Waals surface area contributed by atoms with E-state index < -0.39 is 11.7 Å². The molecule has 0 aromatic heterocycles. The lowest BCUT2D eigenvalue weighted by Gasteiger charge is -2.36. The Morgan fingerprint density at radius 1 is 0.906 bits per heavy atom. The number of amides is 1. The van der Waals surface area contributed by atoms with Crippen LogP contribution in [-0.4, -0.2) is 61.7 Å². The summed E-state index contributed by atoms with van der Waals surface area (Å²) in [5, 5.41) is 0. The quantitative estimate of drug-likeness (QED) is 0.583. The molecule has 0 N–H and O–H groups in total. The zero-order valence-electron chi connectivity index (χ0n) is 17.7. The van der Waals surface area contributed by atoms with Crippen LogP contribution >= 0.6 is 12.4 Å². The smallest absolute Gasteiger partial charge is 0.416 e. The number of carbonyl (C=O) groups is 1. The third kappa shape index (κ3) is 5.66. The third-order valence-corrected chi connectivity index (χ3v) is 5.84. The van der Waals surface area contributed by atoms with Gasteiger partial charge in [-0.25, -0.2) is 0 Å². The van der Waals surface area contributed by atoms with Crippen molar-refractivity contribution in [3.63, 3.8) is 0 Å². The first kappa shape index (κ1) is 24.2. The summed E-state index contributed by atoms with van der Waals surface area (Å²) in [5.41, 5.74) is 0.629. The molecule has 0 aliphatic carbocycles. The molecule has 2 heterocycles. The summed E-state index contributed by atoms with van der Waals surface area (Å²) >= 11 is 0. The number of alkyl halides is 3. The maximum atomic E-state index is 12.9. The highest BCUT2D eigenvalue weighted by atomic mass is 35.5. The van der Waals surface area contributed by atoms with Gasteiger partial charge in [0.05, 0.1) is 11.1 Å². The summed E-state index contributed by atoms with van der Waals surface area (Å²) < 4.78 is 44.5. The van der Waals surface area contributed by atoms with Crippen molar-refractivity contribution < 1.29 is 22.7 Å². The number of benzene rings is 2. The SMILES string of the molecule is Cl.O=C1c2ccccc2OCN1CCCCN1CCN(c2cccc(C(F)(F)F)c2)CC1. The van der Waals surface area contributed by atoms with E-state index in [1.807, 2.05) is 23.1 Å². The number of rotatable bonds is 6. The van der Waals surface area contributed by atoms with Crippen LogP contribution in [0.15, 0.2) is 48.5 Å². The van der Waals surface area contributed by atoms with Gasteiger partial charge in [-0.1, -0.05) is 18.2 Å². The summed E-state index contributed by atoms with van der Waals surface area (Å²) in [6.45, 7) is 4.89. The molecule has 5 nitrogen and oxygen atoms in total. The van der Waals surface area contributed by atoms with E-state index in [1.54, 1.807) is 17.0 Å². The second-order valence-corrected chi connectivity index (χ2v) is 7.92. The van der Waals surface area contributed by atoms with E-state index in [4.69, 9.17) is 4.74 Å². The number of nitrogens with zero attached hydrogens (tertiary/aromatic N) is 3. The highest BCUT2D eigenvalue weighted by Crippen LogP contribution is 2.32. The Morgan fingerprint density at radius 2 is 1.62 bits per heavy atom. The predicted molar refractivity (Wildman–Crippen MR) is 120 cm³/mol. The predicted octanol–water partition coefficient (Wildman–Crippen LogP) is 4.52. The van der Waals surface area contributed by atoms with Gasteiger partial charge >= 0.3 is 6.18 Å². The molecule has 0 radical (unpaired) electrons. The van der Waals surface area contributed by atoms with E-state index in [9.17, 15) is 18.0 Å². The number of halogens is 4. The maximum Gasteiger partial charge on any atom is 0.416 e. The third-order valence-electron chi connectivity index (χ3n) is 5.84. The molecule has 2 aliphatic rings. The van der Waals surface area contributed by atoms with Gasteiger partial charge in [-0.15, -0.1) is 12.4 Å². The second-order valence-electron chi connectivity index (χ2n) is 7.92. The van der Waals surface area contributed by atoms with Crippen molar-refractivity contribution in [2.45, 2.75) is 19.0 Å². The molecule has 4 rings (SSSR count). The number of carbonyl (C=O) groups excluding carboxylic acids is 1. The minimum atomic E-state index is -4.32. The molecule has 2 aliphatic heterocycles. The fourth-order valence-electron chi connectivity index (χ4n) is 4.06. The monoisotopic (exact) mass is 469 g/mol. The molecule has 174 valence electrons. The lowest BCUT2D eigenvalue weighted by molar-refractivity contribution is -0.137. The zero-order chi connectivity index (χ0) is 21.8. The van der Waals surface area contributed by atoms with Gasteiger partial charge in [0.25, 0.3) is 5.91 Å². The van der Waals surface area contributed by atoms with Crippen LogP contribution in [0.1, 0.15) is 28.8 Å². The Kier molecular flexibility index (Phi) is 7.90. The molecule has 1 saturated heterocycles. The van der Waals surface area contributed by atoms with E-state index in [2.05, 4.69) is 4.90 Å². The first-order valence-electron chi connectivity index (χ1n) is 10.6. The van der Waals surface area contributed by atoms with Crippen LogP contribution < -0.4 is 9.64 Å². The van der Waals surface area contributed by atoms with Crippen LogP contribution in [0.3, 0.4) is 0 Å². The Balaban J connectivity index is 0.00000289. The van der Waals surface area contributed by atoms with E-state index in [0.29, 0.717) is 36.6 Å². The van der Waals surface area contributed by atoms with Crippen molar-refractivity contribution in [1.29, 1.82) is 0 Å². The minimum Gasteiger partial charge on any atom is -0.472 e. The highest BCUT2D eigenvalue weighted by molar-refractivity contribution is 5.97. The van der Waals surface area contributed by atoms with E-state index in [0.717, 1.165) is 38.5 Å². The average Bonchev–Trinajstić information content (AvgIpc) is 2.78. The molecule has 1 fully saturated rings. The zero-order valence-corrected chi connectivity index (χ0v) is 18.5. The standard InChI is InChI=1S/C23H26F3N3O2.ClH/c24-23(25,26)18-6-5-7-19(16-18)28-14-12-27(13-15-28)10-3-4-11-29-17-31-21-9-2-1-8-20(21)22(29)30;/h1-2,5-9,16H,3-4,10-15,17H2;1H. The van der Waals surface area contributed by atoms with Crippen LogP contribution in [-0.2, 0) is 6.18 Å². The van der Waals surface area contributed by atoms with Crippen LogP contribution in [0.4, 0.5) is 18.9 Å². The summed E-state index contributed by atoms with van der Waals surface area (Å²) in [5.74, 6) is 0.652. The molecule has 0 spiro atoms. The number of piperazine rings is 1. The Morgan fingerprint density at radius 3 is 2.38 bits per heavy atom. The van der Waals surface area contributed by atoms with Gasteiger partial charge in [0.15, 0.2) is 6.73 Å². The molecule has 0 saturated carbocycles. The number of anilines is 1. The lowest BCUT2D eigenvalue weighted by Crippen LogP contribution is -2.46. The van der Waals surface area contributed by atoms with E-state index in [1.165, 1.54) is 12.1 Å². The van der Waals surface area contributed by atoms with Gasteiger partial charge in [-0.05, 0) is 49.7 Å². The van der Waals surface area contributed by atoms with Gasteiger partial charge < -0.3 is 14.5 Å². The largest absolute Gasteiger partial charge is 0.472 e.